The molecule has 3 aromatic rings. The van der Waals surface area contributed by atoms with Gasteiger partial charge in [0.2, 0.25) is 5.91 Å². The lowest BCUT2D eigenvalue weighted by Gasteiger charge is -2.09. The van der Waals surface area contributed by atoms with Gasteiger partial charge in [0.15, 0.2) is 5.69 Å². The Kier molecular flexibility index (Phi) is 5.49. The van der Waals surface area contributed by atoms with E-state index in [0.717, 1.165) is 11.1 Å². The Morgan fingerprint density at radius 3 is 2.46 bits per heavy atom. The summed E-state index contributed by atoms with van der Waals surface area (Å²) in [5, 5.41) is 13.3. The number of aryl methyl sites for hydroxylation is 2. The summed E-state index contributed by atoms with van der Waals surface area (Å²) in [5.41, 5.74) is 3.75. The van der Waals surface area contributed by atoms with Crippen LogP contribution < -0.4 is 10.6 Å². The summed E-state index contributed by atoms with van der Waals surface area (Å²) in [4.78, 5) is 24.7. The third-order valence-electron chi connectivity index (χ3n) is 4.26. The van der Waals surface area contributed by atoms with Gasteiger partial charge >= 0.3 is 0 Å². The van der Waals surface area contributed by atoms with Gasteiger partial charge in [-0.15, -0.1) is 5.10 Å². The summed E-state index contributed by atoms with van der Waals surface area (Å²) in [7, 11) is 0. The Morgan fingerprint density at radius 2 is 1.75 bits per heavy atom. The second-order valence-electron chi connectivity index (χ2n) is 6.51. The maximum atomic E-state index is 12.9. The molecule has 0 spiro atoms. The van der Waals surface area contributed by atoms with Crippen molar-refractivity contribution in [3.8, 4) is 0 Å². The topological polar surface area (TPSA) is 88.9 Å². The first-order valence-electron chi connectivity index (χ1n) is 8.67. The van der Waals surface area contributed by atoms with E-state index >= 15 is 0 Å². The second kappa shape index (κ2) is 7.99. The number of nitrogens with zero attached hydrogens (tertiary/aromatic N) is 3. The van der Waals surface area contributed by atoms with E-state index in [4.69, 9.17) is 0 Å². The second-order valence-corrected chi connectivity index (χ2v) is 6.51. The SMILES string of the molecule is Cc1ccc(C)c(NC(=O)c2nnn(CC(=O)Nc3ccc(F)cc3)c2C)c1. The van der Waals surface area contributed by atoms with Crippen molar-refractivity contribution < 1.29 is 14.0 Å². The predicted molar refractivity (Wildman–Crippen MR) is 104 cm³/mol. The molecule has 0 saturated carbocycles. The molecule has 0 aliphatic rings. The van der Waals surface area contributed by atoms with Gasteiger partial charge in [-0.2, -0.15) is 0 Å². The molecule has 2 aromatic carbocycles. The van der Waals surface area contributed by atoms with E-state index in [1.54, 1.807) is 6.92 Å². The summed E-state index contributed by atoms with van der Waals surface area (Å²) >= 11 is 0. The standard InChI is InChI=1S/C20H20FN5O2/c1-12-4-5-13(2)17(10-12)23-20(28)19-14(3)26(25-24-19)11-18(27)22-16-8-6-15(21)7-9-16/h4-10H,11H2,1-3H3,(H,22,27)(H,23,28). The monoisotopic (exact) mass is 381 g/mol. The van der Waals surface area contributed by atoms with Crippen molar-refractivity contribution in [1.82, 2.24) is 15.0 Å². The van der Waals surface area contributed by atoms with E-state index in [2.05, 4.69) is 20.9 Å². The highest BCUT2D eigenvalue weighted by atomic mass is 19.1. The Labute approximate surface area is 161 Å². The zero-order valence-corrected chi connectivity index (χ0v) is 15.8. The van der Waals surface area contributed by atoms with Crippen LogP contribution in [0.5, 0.6) is 0 Å². The summed E-state index contributed by atoms with van der Waals surface area (Å²) in [6, 6.07) is 11.2. The number of halogens is 1. The first kappa shape index (κ1) is 19.2. The van der Waals surface area contributed by atoms with E-state index in [9.17, 15) is 14.0 Å². The number of carbonyl (C=O) groups is 2. The van der Waals surface area contributed by atoms with E-state index in [0.29, 0.717) is 17.1 Å². The highest BCUT2D eigenvalue weighted by Gasteiger charge is 2.18. The molecule has 28 heavy (non-hydrogen) atoms. The van der Waals surface area contributed by atoms with Crippen molar-refractivity contribution >= 4 is 23.2 Å². The number of aromatic nitrogens is 3. The molecule has 0 aliphatic heterocycles. The van der Waals surface area contributed by atoms with E-state index in [1.807, 2.05) is 32.0 Å². The Balaban J connectivity index is 1.69. The molecule has 0 atom stereocenters. The Morgan fingerprint density at radius 1 is 1.04 bits per heavy atom. The van der Waals surface area contributed by atoms with Gasteiger partial charge in [0.1, 0.15) is 12.4 Å². The predicted octanol–water partition coefficient (Wildman–Crippen LogP) is 3.23. The number of carbonyl (C=O) groups excluding carboxylic acids is 2. The van der Waals surface area contributed by atoms with Gasteiger partial charge < -0.3 is 10.6 Å². The van der Waals surface area contributed by atoms with Crippen LogP contribution in [0.3, 0.4) is 0 Å². The summed E-state index contributed by atoms with van der Waals surface area (Å²) in [6.07, 6.45) is 0. The van der Waals surface area contributed by atoms with Crippen LogP contribution in [-0.2, 0) is 11.3 Å². The van der Waals surface area contributed by atoms with Gasteiger partial charge in [-0.3, -0.25) is 9.59 Å². The minimum absolute atomic E-state index is 0.118. The largest absolute Gasteiger partial charge is 0.324 e. The number of hydrogen-bond acceptors (Lipinski definition) is 4. The van der Waals surface area contributed by atoms with Gasteiger partial charge in [-0.25, -0.2) is 9.07 Å². The van der Waals surface area contributed by atoms with Gasteiger partial charge in [0, 0.05) is 11.4 Å². The molecule has 0 saturated heterocycles. The molecule has 8 heteroatoms. The lowest BCUT2D eigenvalue weighted by molar-refractivity contribution is -0.117. The van der Waals surface area contributed by atoms with Crippen LogP contribution in [-0.4, -0.2) is 26.8 Å². The summed E-state index contributed by atoms with van der Waals surface area (Å²) in [6.45, 7) is 5.39. The normalized spacial score (nSPS) is 10.6. The quantitative estimate of drug-likeness (QED) is 0.710. The van der Waals surface area contributed by atoms with E-state index in [1.165, 1.54) is 28.9 Å². The third-order valence-corrected chi connectivity index (χ3v) is 4.26. The van der Waals surface area contributed by atoms with E-state index < -0.39 is 5.91 Å². The molecule has 1 aromatic heterocycles. The number of hydrogen-bond donors (Lipinski definition) is 2. The maximum Gasteiger partial charge on any atom is 0.278 e. The van der Waals surface area contributed by atoms with Crippen LogP contribution >= 0.6 is 0 Å². The molecule has 2 amide bonds. The highest BCUT2D eigenvalue weighted by molar-refractivity contribution is 6.04. The molecule has 3 rings (SSSR count). The number of nitrogens with one attached hydrogen (secondary N) is 2. The van der Waals surface area contributed by atoms with Crippen LogP contribution in [0.1, 0.15) is 27.3 Å². The smallest absolute Gasteiger partial charge is 0.278 e. The number of amides is 2. The molecule has 7 nitrogen and oxygen atoms in total. The van der Waals surface area contributed by atoms with Gasteiger partial charge in [-0.1, -0.05) is 17.3 Å². The molecule has 0 unspecified atom stereocenters. The lowest BCUT2D eigenvalue weighted by Crippen LogP contribution is -2.21. The number of benzene rings is 2. The van der Waals surface area contributed by atoms with Crippen molar-refractivity contribution in [1.29, 1.82) is 0 Å². The van der Waals surface area contributed by atoms with Crippen molar-refractivity contribution in [2.75, 3.05) is 10.6 Å². The van der Waals surface area contributed by atoms with Gasteiger partial charge in [0.05, 0.1) is 5.69 Å². The van der Waals surface area contributed by atoms with Crippen molar-refractivity contribution in [2.24, 2.45) is 0 Å². The Hall–Kier alpha value is -3.55. The fourth-order valence-corrected chi connectivity index (χ4v) is 2.64. The summed E-state index contributed by atoms with van der Waals surface area (Å²) < 4.78 is 14.3. The molecular formula is C20H20FN5O2. The Bertz CT molecular complexity index is 1030. The molecule has 0 bridgehead atoms. The fraction of sp³-hybridized carbons (Fsp3) is 0.200. The minimum Gasteiger partial charge on any atom is -0.324 e. The molecule has 0 aliphatic carbocycles. The van der Waals surface area contributed by atoms with Gasteiger partial charge in [0.25, 0.3) is 5.91 Å². The van der Waals surface area contributed by atoms with E-state index in [-0.39, 0.29) is 24.0 Å². The molecular weight excluding hydrogens is 361 g/mol. The zero-order valence-electron chi connectivity index (χ0n) is 15.8. The minimum atomic E-state index is -0.392. The van der Waals surface area contributed by atoms with Crippen molar-refractivity contribution in [3.63, 3.8) is 0 Å². The molecule has 144 valence electrons. The van der Waals surface area contributed by atoms with Crippen molar-refractivity contribution in [3.05, 3.63) is 70.8 Å². The fourth-order valence-electron chi connectivity index (χ4n) is 2.64. The molecule has 2 N–H and O–H groups in total. The summed E-state index contributed by atoms with van der Waals surface area (Å²) in [5.74, 6) is -1.14. The van der Waals surface area contributed by atoms with Crippen molar-refractivity contribution in [2.45, 2.75) is 27.3 Å². The highest BCUT2D eigenvalue weighted by Crippen LogP contribution is 2.18. The average Bonchev–Trinajstić information content (AvgIpc) is 3.00. The van der Waals surface area contributed by atoms with Crippen LogP contribution in [0.15, 0.2) is 42.5 Å². The average molecular weight is 381 g/mol. The number of anilines is 2. The van der Waals surface area contributed by atoms with Crippen LogP contribution in [0.2, 0.25) is 0 Å². The lowest BCUT2D eigenvalue weighted by atomic mass is 10.1. The zero-order chi connectivity index (χ0) is 20.3. The maximum absolute atomic E-state index is 12.9. The molecule has 0 radical (unpaired) electrons. The third kappa shape index (κ3) is 4.40. The molecule has 1 heterocycles. The molecule has 0 fully saturated rings. The van der Waals surface area contributed by atoms with Crippen LogP contribution in [0.4, 0.5) is 15.8 Å². The van der Waals surface area contributed by atoms with Crippen LogP contribution in [0.25, 0.3) is 0 Å². The van der Waals surface area contributed by atoms with Gasteiger partial charge in [-0.05, 0) is 62.2 Å². The van der Waals surface area contributed by atoms with Crippen LogP contribution in [0, 0.1) is 26.6 Å². The first-order valence-corrected chi connectivity index (χ1v) is 8.67. The number of rotatable bonds is 5. The first-order chi connectivity index (χ1) is 13.3.